The number of hydrogen-bond acceptors (Lipinski definition) is 3. The van der Waals surface area contributed by atoms with Crippen LogP contribution in [0.4, 0.5) is 0 Å². The van der Waals surface area contributed by atoms with Gasteiger partial charge in [0.25, 0.3) is 0 Å². The zero-order valence-electron chi connectivity index (χ0n) is 9.99. The first-order valence-corrected chi connectivity index (χ1v) is 7.18. The average molecular weight is 233 g/mol. The van der Waals surface area contributed by atoms with Crippen LogP contribution >= 0.6 is 0 Å². The van der Waals surface area contributed by atoms with Crippen molar-refractivity contribution in [2.75, 3.05) is 19.8 Å². The van der Waals surface area contributed by atoms with E-state index in [0.29, 0.717) is 12.6 Å². The van der Waals surface area contributed by atoms with E-state index in [9.17, 15) is 4.21 Å². The summed E-state index contributed by atoms with van der Waals surface area (Å²) < 4.78 is 17.6. The highest BCUT2D eigenvalue weighted by molar-refractivity contribution is 7.86. The lowest BCUT2D eigenvalue weighted by atomic mass is 10.1. The maximum atomic E-state index is 12.2. The minimum absolute atomic E-state index is 0.175. The minimum Gasteiger partial charge on any atom is -0.380 e. The molecule has 90 valence electrons. The van der Waals surface area contributed by atoms with Crippen molar-refractivity contribution in [1.29, 1.82) is 0 Å². The molecule has 0 bridgehead atoms. The van der Waals surface area contributed by atoms with Crippen molar-refractivity contribution >= 4 is 10.8 Å². The topological polar surface area (TPSA) is 38.3 Å². The molecule has 1 N–H and O–H groups in total. The molecule has 0 aromatic carbocycles. The number of rotatable bonds is 5. The fourth-order valence-corrected chi connectivity index (χ4v) is 3.61. The summed E-state index contributed by atoms with van der Waals surface area (Å²) >= 11 is 0. The molecule has 3 nitrogen and oxygen atoms in total. The molecule has 4 unspecified atom stereocenters. The highest BCUT2D eigenvalue weighted by atomic mass is 32.2. The molecule has 0 aromatic heterocycles. The Kier molecular flexibility index (Phi) is 5.79. The van der Waals surface area contributed by atoms with Gasteiger partial charge in [-0.1, -0.05) is 20.8 Å². The monoisotopic (exact) mass is 233 g/mol. The van der Waals surface area contributed by atoms with Gasteiger partial charge in [-0.25, -0.2) is 0 Å². The molecule has 1 heterocycles. The van der Waals surface area contributed by atoms with Gasteiger partial charge in [-0.3, -0.25) is 4.21 Å². The van der Waals surface area contributed by atoms with Gasteiger partial charge in [-0.2, -0.15) is 0 Å². The van der Waals surface area contributed by atoms with Gasteiger partial charge >= 0.3 is 0 Å². The molecule has 1 aliphatic heterocycles. The zero-order valence-corrected chi connectivity index (χ0v) is 10.8. The molecule has 15 heavy (non-hydrogen) atoms. The standard InChI is InChI=1S/C11H23NO2S/c1-4-9(3)15(13)11-8-14-7-6-10(11)12-5-2/h9-12H,4-8H2,1-3H3. The van der Waals surface area contributed by atoms with Gasteiger partial charge < -0.3 is 10.1 Å². The van der Waals surface area contributed by atoms with Gasteiger partial charge in [0.05, 0.1) is 11.9 Å². The SMILES string of the molecule is CCNC1CCOCC1S(=O)C(C)CC. The minimum atomic E-state index is -0.770. The smallest absolute Gasteiger partial charge is 0.0738 e. The molecule has 0 amide bonds. The summed E-state index contributed by atoms with van der Waals surface area (Å²) in [6.07, 6.45) is 1.96. The third-order valence-corrected chi connectivity index (χ3v) is 5.23. The quantitative estimate of drug-likeness (QED) is 0.778. The molecule has 0 saturated carbocycles. The fourth-order valence-electron chi connectivity index (χ4n) is 1.90. The molecule has 1 fully saturated rings. The lowest BCUT2D eigenvalue weighted by Gasteiger charge is -2.32. The van der Waals surface area contributed by atoms with Crippen LogP contribution < -0.4 is 5.32 Å². The van der Waals surface area contributed by atoms with Gasteiger partial charge in [-0.05, 0) is 19.4 Å². The lowest BCUT2D eigenvalue weighted by Crippen LogP contribution is -2.50. The van der Waals surface area contributed by atoms with Crippen LogP contribution in [0.3, 0.4) is 0 Å². The molecule has 4 heteroatoms. The Balaban J connectivity index is 2.58. The first kappa shape index (κ1) is 13.1. The summed E-state index contributed by atoms with van der Waals surface area (Å²) in [5.41, 5.74) is 0. The van der Waals surface area contributed by atoms with Crippen molar-refractivity contribution in [2.24, 2.45) is 0 Å². The van der Waals surface area contributed by atoms with Gasteiger partial charge in [-0.15, -0.1) is 0 Å². The van der Waals surface area contributed by atoms with Gasteiger partial charge in [0.15, 0.2) is 0 Å². The average Bonchev–Trinajstić information content (AvgIpc) is 2.28. The Morgan fingerprint density at radius 3 is 2.87 bits per heavy atom. The van der Waals surface area contributed by atoms with E-state index in [1.54, 1.807) is 0 Å². The van der Waals surface area contributed by atoms with E-state index in [1.165, 1.54) is 0 Å². The molecule has 0 aromatic rings. The second kappa shape index (κ2) is 6.61. The predicted octanol–water partition coefficient (Wildman–Crippen LogP) is 1.30. The Bertz CT molecular complexity index is 209. The molecule has 0 aliphatic carbocycles. The summed E-state index contributed by atoms with van der Waals surface area (Å²) in [7, 11) is -0.770. The Morgan fingerprint density at radius 2 is 2.27 bits per heavy atom. The maximum absolute atomic E-state index is 12.2. The lowest BCUT2D eigenvalue weighted by molar-refractivity contribution is 0.0822. The van der Waals surface area contributed by atoms with E-state index < -0.39 is 10.8 Å². The zero-order chi connectivity index (χ0) is 11.3. The summed E-state index contributed by atoms with van der Waals surface area (Å²) in [6.45, 7) is 8.64. The van der Waals surface area contributed by atoms with Gasteiger partial charge in [0.2, 0.25) is 0 Å². The molecule has 1 rings (SSSR count). The third-order valence-electron chi connectivity index (χ3n) is 3.04. The second-order valence-electron chi connectivity index (χ2n) is 4.11. The van der Waals surface area contributed by atoms with E-state index in [1.807, 2.05) is 0 Å². The van der Waals surface area contributed by atoms with Gasteiger partial charge in [0, 0.05) is 28.7 Å². The van der Waals surface area contributed by atoms with Crippen molar-refractivity contribution < 1.29 is 8.95 Å². The molecular weight excluding hydrogens is 210 g/mol. The Morgan fingerprint density at radius 1 is 1.53 bits per heavy atom. The van der Waals surface area contributed by atoms with E-state index in [2.05, 4.69) is 26.1 Å². The molecule has 1 saturated heterocycles. The molecule has 0 spiro atoms. The number of nitrogens with one attached hydrogen (secondary N) is 1. The third kappa shape index (κ3) is 3.54. The maximum Gasteiger partial charge on any atom is 0.0738 e. The first-order chi connectivity index (χ1) is 7.20. The van der Waals surface area contributed by atoms with Crippen LogP contribution in [0.25, 0.3) is 0 Å². The van der Waals surface area contributed by atoms with Crippen LogP contribution in [0.1, 0.15) is 33.6 Å². The van der Waals surface area contributed by atoms with Crippen molar-refractivity contribution in [3.8, 4) is 0 Å². The van der Waals surface area contributed by atoms with Crippen molar-refractivity contribution in [3.63, 3.8) is 0 Å². The molecule has 4 atom stereocenters. The number of ether oxygens (including phenoxy) is 1. The summed E-state index contributed by atoms with van der Waals surface area (Å²) in [5.74, 6) is 0. The molecule has 1 aliphatic rings. The van der Waals surface area contributed by atoms with Crippen LogP contribution in [-0.4, -0.2) is 40.5 Å². The van der Waals surface area contributed by atoms with Crippen molar-refractivity contribution in [1.82, 2.24) is 5.32 Å². The summed E-state index contributed by atoms with van der Waals surface area (Å²) in [5, 5.41) is 3.87. The highest BCUT2D eigenvalue weighted by Gasteiger charge is 2.31. The summed E-state index contributed by atoms with van der Waals surface area (Å²) in [6, 6.07) is 0.374. The van der Waals surface area contributed by atoms with Crippen LogP contribution in [-0.2, 0) is 15.5 Å². The Labute approximate surface area is 95.4 Å². The van der Waals surface area contributed by atoms with Crippen LogP contribution in [0.2, 0.25) is 0 Å². The van der Waals surface area contributed by atoms with Gasteiger partial charge in [0.1, 0.15) is 0 Å². The van der Waals surface area contributed by atoms with E-state index in [0.717, 1.165) is 26.0 Å². The van der Waals surface area contributed by atoms with Crippen LogP contribution in [0.15, 0.2) is 0 Å². The van der Waals surface area contributed by atoms with Crippen molar-refractivity contribution in [3.05, 3.63) is 0 Å². The largest absolute Gasteiger partial charge is 0.380 e. The van der Waals surface area contributed by atoms with E-state index in [4.69, 9.17) is 4.74 Å². The van der Waals surface area contributed by atoms with E-state index >= 15 is 0 Å². The predicted molar refractivity (Wildman–Crippen MR) is 64.6 cm³/mol. The van der Waals surface area contributed by atoms with Crippen molar-refractivity contribution in [2.45, 2.75) is 50.2 Å². The fraction of sp³-hybridized carbons (Fsp3) is 1.00. The van der Waals surface area contributed by atoms with Crippen LogP contribution in [0.5, 0.6) is 0 Å². The van der Waals surface area contributed by atoms with Crippen LogP contribution in [0, 0.1) is 0 Å². The molecular formula is C11H23NO2S. The first-order valence-electron chi connectivity index (χ1n) is 5.91. The van der Waals surface area contributed by atoms with E-state index in [-0.39, 0.29) is 10.5 Å². The highest BCUT2D eigenvalue weighted by Crippen LogP contribution is 2.17. The molecule has 0 radical (unpaired) electrons. The Hall–Kier alpha value is 0.0700. The normalized spacial score (nSPS) is 31.1. The summed E-state index contributed by atoms with van der Waals surface area (Å²) in [4.78, 5) is 0. The second-order valence-corrected chi connectivity index (χ2v) is 6.18. The number of hydrogen-bond donors (Lipinski definition) is 1.